The topological polar surface area (TPSA) is 50.6 Å². The third-order valence-corrected chi connectivity index (χ3v) is 4.02. The van der Waals surface area contributed by atoms with Gasteiger partial charge < -0.3 is 9.80 Å². The number of rotatable bonds is 2. The highest BCUT2D eigenvalue weighted by molar-refractivity contribution is 9.10. The van der Waals surface area contributed by atoms with Crippen LogP contribution in [0.4, 0.5) is 5.69 Å². The fraction of sp³-hybridized carbons (Fsp3) is 0.267. The summed E-state index contributed by atoms with van der Waals surface area (Å²) < 4.78 is 0.826. The lowest BCUT2D eigenvalue weighted by atomic mass is 10.2. The van der Waals surface area contributed by atoms with Gasteiger partial charge in [-0.05, 0) is 22.0 Å². The molecular weight excluding hydrogens is 332 g/mol. The summed E-state index contributed by atoms with van der Waals surface area (Å²) in [6.07, 6.45) is 7.13. The van der Waals surface area contributed by atoms with E-state index in [1.54, 1.807) is 12.4 Å². The van der Waals surface area contributed by atoms with Crippen molar-refractivity contribution >= 4 is 27.5 Å². The van der Waals surface area contributed by atoms with Crippen LogP contribution in [-0.4, -0.2) is 42.0 Å². The molecule has 1 aliphatic rings. The second-order valence-electron chi connectivity index (χ2n) is 4.93. The Morgan fingerprint density at radius 1 is 1.14 bits per heavy atom. The average Bonchev–Trinajstić information content (AvgIpc) is 2.55. The number of halogens is 1. The highest BCUT2D eigenvalue weighted by atomic mass is 79.9. The van der Waals surface area contributed by atoms with Gasteiger partial charge >= 0.3 is 0 Å². The lowest BCUT2D eigenvalue weighted by molar-refractivity contribution is -0.377. The summed E-state index contributed by atoms with van der Waals surface area (Å²) >= 11 is 3.35. The maximum atomic E-state index is 12.4. The van der Waals surface area contributed by atoms with Crippen LogP contribution >= 0.6 is 15.9 Å². The molecule has 0 atom stereocenters. The zero-order valence-corrected chi connectivity index (χ0v) is 13.1. The zero-order chi connectivity index (χ0) is 14.7. The molecule has 2 aromatic heterocycles. The molecule has 21 heavy (non-hydrogen) atoms. The number of carbonyl (C=O) groups excluding carboxylic acids is 1. The maximum Gasteiger partial charge on any atom is 0.255 e. The van der Waals surface area contributed by atoms with Crippen LogP contribution in [0.3, 0.4) is 0 Å². The number of nitrogens with one attached hydrogen (secondary N) is 1. The van der Waals surface area contributed by atoms with Crippen molar-refractivity contribution in [2.75, 3.05) is 31.1 Å². The Labute approximate surface area is 131 Å². The van der Waals surface area contributed by atoms with Crippen LogP contribution in [-0.2, 0) is 0 Å². The van der Waals surface area contributed by atoms with E-state index in [1.807, 2.05) is 23.4 Å². The van der Waals surface area contributed by atoms with Crippen LogP contribution in [0.25, 0.3) is 0 Å². The number of aromatic nitrogens is 2. The van der Waals surface area contributed by atoms with Crippen molar-refractivity contribution in [3.05, 3.63) is 53.0 Å². The first kappa shape index (κ1) is 14.0. The van der Waals surface area contributed by atoms with Gasteiger partial charge in [0.2, 0.25) is 0 Å². The molecule has 2 aromatic rings. The Morgan fingerprint density at radius 2 is 1.86 bits per heavy atom. The van der Waals surface area contributed by atoms with Crippen molar-refractivity contribution in [1.82, 2.24) is 9.88 Å². The molecule has 0 spiro atoms. The zero-order valence-electron chi connectivity index (χ0n) is 11.5. The number of H-pyrrole nitrogens is 1. The van der Waals surface area contributed by atoms with Crippen molar-refractivity contribution in [3.63, 3.8) is 0 Å². The third kappa shape index (κ3) is 3.21. The van der Waals surface area contributed by atoms with Gasteiger partial charge in [-0.15, -0.1) is 0 Å². The molecule has 6 heteroatoms. The standard InChI is InChI=1S/C15H15BrN4O/c16-13-9-12(10-18-11-13)15(21)20-7-5-19(6-8-20)14-1-3-17-4-2-14/h1-4,9-11H,5-8H2/p+1. The number of carbonyl (C=O) groups is 1. The molecule has 1 aliphatic heterocycles. The molecular formula is C15H16BrN4O+. The van der Waals surface area contributed by atoms with Crippen molar-refractivity contribution in [2.24, 2.45) is 0 Å². The Balaban J connectivity index is 1.64. The molecule has 0 bridgehead atoms. The van der Waals surface area contributed by atoms with Gasteiger partial charge in [0.1, 0.15) is 0 Å². The average molecular weight is 348 g/mol. The second kappa shape index (κ2) is 6.22. The predicted octanol–water partition coefficient (Wildman–Crippen LogP) is 1.62. The molecule has 1 fully saturated rings. The first-order valence-corrected chi connectivity index (χ1v) is 7.64. The van der Waals surface area contributed by atoms with Gasteiger partial charge in [0.15, 0.2) is 12.4 Å². The number of nitrogens with zero attached hydrogens (tertiary/aromatic N) is 3. The molecule has 0 radical (unpaired) electrons. The van der Waals surface area contributed by atoms with Crippen molar-refractivity contribution in [1.29, 1.82) is 0 Å². The molecule has 1 N–H and O–H groups in total. The largest absolute Gasteiger partial charge is 0.368 e. The summed E-state index contributed by atoms with van der Waals surface area (Å²) in [6, 6.07) is 5.92. The molecule has 0 unspecified atom stereocenters. The molecule has 1 saturated heterocycles. The Morgan fingerprint density at radius 3 is 2.52 bits per heavy atom. The third-order valence-electron chi connectivity index (χ3n) is 3.58. The first-order chi connectivity index (χ1) is 10.2. The predicted molar refractivity (Wildman–Crippen MR) is 83.1 cm³/mol. The summed E-state index contributed by atoms with van der Waals surface area (Å²) in [4.78, 5) is 23.7. The van der Waals surface area contributed by atoms with E-state index in [0.717, 1.165) is 30.7 Å². The van der Waals surface area contributed by atoms with Crippen LogP contribution in [0.2, 0.25) is 0 Å². The van der Waals surface area contributed by atoms with E-state index < -0.39 is 0 Å². The Kier molecular flexibility index (Phi) is 4.15. The minimum Gasteiger partial charge on any atom is -0.368 e. The number of piperazine rings is 1. The number of pyridine rings is 2. The monoisotopic (exact) mass is 347 g/mol. The highest BCUT2D eigenvalue weighted by Crippen LogP contribution is 2.16. The van der Waals surface area contributed by atoms with Gasteiger partial charge in [0, 0.05) is 60.9 Å². The second-order valence-corrected chi connectivity index (χ2v) is 5.84. The smallest absolute Gasteiger partial charge is 0.255 e. The molecule has 0 saturated carbocycles. The highest BCUT2D eigenvalue weighted by Gasteiger charge is 2.22. The van der Waals surface area contributed by atoms with Crippen LogP contribution in [0, 0.1) is 0 Å². The van der Waals surface area contributed by atoms with Gasteiger partial charge in [-0.2, -0.15) is 0 Å². The maximum absolute atomic E-state index is 12.4. The van der Waals surface area contributed by atoms with E-state index in [0.29, 0.717) is 5.56 Å². The molecule has 108 valence electrons. The Bertz CT molecular complexity index is 627. The summed E-state index contributed by atoms with van der Waals surface area (Å²) in [6.45, 7) is 3.14. The molecule has 0 aliphatic carbocycles. The van der Waals surface area contributed by atoms with E-state index in [4.69, 9.17) is 0 Å². The minimum absolute atomic E-state index is 0.0462. The molecule has 0 aromatic carbocycles. The van der Waals surface area contributed by atoms with Crippen LogP contribution in [0.5, 0.6) is 0 Å². The fourth-order valence-corrected chi connectivity index (χ4v) is 2.83. The van der Waals surface area contributed by atoms with Crippen LogP contribution in [0.15, 0.2) is 47.5 Å². The van der Waals surface area contributed by atoms with Gasteiger partial charge in [-0.1, -0.05) is 0 Å². The number of anilines is 1. The Hall–Kier alpha value is -1.95. The van der Waals surface area contributed by atoms with E-state index >= 15 is 0 Å². The van der Waals surface area contributed by atoms with E-state index in [-0.39, 0.29) is 5.91 Å². The number of hydrogen-bond acceptors (Lipinski definition) is 3. The molecule has 5 nitrogen and oxygen atoms in total. The van der Waals surface area contributed by atoms with Gasteiger partial charge in [0.25, 0.3) is 5.91 Å². The van der Waals surface area contributed by atoms with E-state index in [9.17, 15) is 4.79 Å². The van der Waals surface area contributed by atoms with E-state index in [1.165, 1.54) is 5.69 Å². The van der Waals surface area contributed by atoms with E-state index in [2.05, 4.69) is 42.9 Å². The van der Waals surface area contributed by atoms with Crippen LogP contribution in [0.1, 0.15) is 10.4 Å². The minimum atomic E-state index is 0.0462. The summed E-state index contributed by atoms with van der Waals surface area (Å²) in [5.41, 5.74) is 1.82. The normalized spacial score (nSPS) is 15.1. The van der Waals surface area contributed by atoms with Gasteiger partial charge in [0.05, 0.1) is 5.56 Å². The number of aromatic amines is 1. The molecule has 1 amide bonds. The SMILES string of the molecule is O=C(c1cncc(Br)c1)N1CCN(c2cc[nH+]cc2)CC1. The van der Waals surface area contributed by atoms with Crippen molar-refractivity contribution < 1.29 is 9.78 Å². The summed E-state index contributed by atoms with van der Waals surface area (Å²) in [7, 11) is 0. The van der Waals surface area contributed by atoms with Gasteiger partial charge in [-0.3, -0.25) is 9.78 Å². The lowest BCUT2D eigenvalue weighted by Crippen LogP contribution is -2.48. The quantitative estimate of drug-likeness (QED) is 0.829. The number of amides is 1. The summed E-state index contributed by atoms with van der Waals surface area (Å²) in [5, 5.41) is 0. The van der Waals surface area contributed by atoms with Crippen molar-refractivity contribution in [2.45, 2.75) is 0 Å². The van der Waals surface area contributed by atoms with Crippen LogP contribution < -0.4 is 9.88 Å². The number of hydrogen-bond donors (Lipinski definition) is 0. The lowest BCUT2D eigenvalue weighted by Gasteiger charge is -2.35. The molecule has 3 rings (SSSR count). The fourth-order valence-electron chi connectivity index (χ4n) is 2.47. The van der Waals surface area contributed by atoms with Gasteiger partial charge in [-0.25, -0.2) is 4.98 Å². The first-order valence-electron chi connectivity index (χ1n) is 6.85. The van der Waals surface area contributed by atoms with Crippen molar-refractivity contribution in [3.8, 4) is 0 Å². The molecule has 3 heterocycles. The summed E-state index contributed by atoms with van der Waals surface area (Å²) in [5.74, 6) is 0.0462.